The van der Waals surface area contributed by atoms with E-state index in [0.717, 1.165) is 36.8 Å². The molecule has 2 N–H and O–H groups in total. The fourth-order valence-electron chi connectivity index (χ4n) is 3.97. The lowest BCUT2D eigenvalue weighted by Crippen LogP contribution is -2.47. The quantitative estimate of drug-likeness (QED) is 0.845. The Balaban J connectivity index is 1.80. The number of nitrogens with one attached hydrogen (secondary N) is 1. The summed E-state index contributed by atoms with van der Waals surface area (Å²) in [6.45, 7) is 3.78. The summed E-state index contributed by atoms with van der Waals surface area (Å²) in [7, 11) is 0. The number of rotatable bonds is 5. The largest absolute Gasteiger partial charge is 0.386 e. The number of aryl methyl sites for hydroxylation is 1. The Morgan fingerprint density at radius 2 is 1.85 bits per heavy atom. The zero-order valence-electron chi connectivity index (χ0n) is 15.3. The number of carbonyl (C=O) groups is 1. The summed E-state index contributed by atoms with van der Waals surface area (Å²) in [5.74, 6) is -0.448. The molecule has 26 heavy (non-hydrogen) atoms. The molecule has 1 aliphatic rings. The lowest BCUT2D eigenvalue weighted by Gasteiger charge is -2.31. The molecule has 4 heteroatoms. The van der Waals surface area contributed by atoms with Crippen LogP contribution in [0.5, 0.6) is 0 Å². The average molecular weight is 355 g/mol. The van der Waals surface area contributed by atoms with Gasteiger partial charge in [-0.15, -0.1) is 0 Å². The highest BCUT2D eigenvalue weighted by atomic mass is 19.1. The number of amides is 1. The standard InChI is InChI=1S/C22H26FNO2/c1-15-7-5-9-18(13-15)22(11-3-4-12-22)21(26)24-16(2)20(25)17-8-6-10-19(23)14-17/h5-10,13-14,16,20,25H,3-4,11-12H2,1-2H3,(H,24,26). The second kappa shape index (κ2) is 7.58. The van der Waals surface area contributed by atoms with E-state index in [4.69, 9.17) is 0 Å². The molecule has 1 saturated carbocycles. The molecular weight excluding hydrogens is 329 g/mol. The molecule has 0 saturated heterocycles. The van der Waals surface area contributed by atoms with Gasteiger partial charge in [-0.05, 0) is 49.9 Å². The maximum absolute atomic E-state index is 13.4. The zero-order chi connectivity index (χ0) is 18.7. The molecule has 0 aromatic heterocycles. The highest BCUT2D eigenvalue weighted by Crippen LogP contribution is 2.42. The lowest BCUT2D eigenvalue weighted by atomic mass is 9.77. The first-order chi connectivity index (χ1) is 12.4. The van der Waals surface area contributed by atoms with Crippen molar-refractivity contribution in [2.24, 2.45) is 0 Å². The molecule has 0 spiro atoms. The van der Waals surface area contributed by atoms with E-state index < -0.39 is 23.4 Å². The van der Waals surface area contributed by atoms with Crippen LogP contribution < -0.4 is 5.32 Å². The summed E-state index contributed by atoms with van der Waals surface area (Å²) in [5, 5.41) is 13.5. The van der Waals surface area contributed by atoms with Crippen molar-refractivity contribution >= 4 is 5.91 Å². The molecule has 1 amide bonds. The predicted octanol–water partition coefficient (Wildman–Crippen LogP) is 4.18. The van der Waals surface area contributed by atoms with Gasteiger partial charge in [0.15, 0.2) is 0 Å². The normalized spacial score (nSPS) is 18.3. The second-order valence-corrected chi connectivity index (χ2v) is 7.42. The Morgan fingerprint density at radius 3 is 2.50 bits per heavy atom. The van der Waals surface area contributed by atoms with Gasteiger partial charge in [0, 0.05) is 0 Å². The minimum absolute atomic E-state index is 0.0523. The van der Waals surface area contributed by atoms with E-state index in [-0.39, 0.29) is 5.91 Å². The summed E-state index contributed by atoms with van der Waals surface area (Å²) in [6, 6.07) is 13.5. The van der Waals surface area contributed by atoms with Crippen molar-refractivity contribution in [2.75, 3.05) is 0 Å². The number of carbonyl (C=O) groups excluding carboxylic acids is 1. The molecule has 0 radical (unpaired) electrons. The van der Waals surface area contributed by atoms with Crippen LogP contribution in [0, 0.1) is 12.7 Å². The van der Waals surface area contributed by atoms with Gasteiger partial charge in [0.1, 0.15) is 5.82 Å². The van der Waals surface area contributed by atoms with E-state index in [9.17, 15) is 14.3 Å². The van der Waals surface area contributed by atoms with Crippen LogP contribution in [-0.4, -0.2) is 17.1 Å². The Hall–Kier alpha value is -2.20. The third-order valence-electron chi connectivity index (χ3n) is 5.48. The minimum Gasteiger partial charge on any atom is -0.386 e. The molecule has 2 aromatic carbocycles. The van der Waals surface area contributed by atoms with Gasteiger partial charge >= 0.3 is 0 Å². The van der Waals surface area contributed by atoms with Crippen LogP contribution in [0.1, 0.15) is 55.4 Å². The molecule has 0 aliphatic heterocycles. The number of benzene rings is 2. The smallest absolute Gasteiger partial charge is 0.230 e. The van der Waals surface area contributed by atoms with Crippen LogP contribution in [0.15, 0.2) is 48.5 Å². The highest BCUT2D eigenvalue weighted by molar-refractivity contribution is 5.89. The number of halogens is 1. The number of hydrogen-bond donors (Lipinski definition) is 2. The van der Waals surface area contributed by atoms with E-state index in [1.807, 2.05) is 25.1 Å². The molecule has 138 valence electrons. The molecule has 0 bridgehead atoms. The van der Waals surface area contributed by atoms with E-state index in [2.05, 4.69) is 11.4 Å². The first kappa shape index (κ1) is 18.6. The summed E-state index contributed by atoms with van der Waals surface area (Å²) >= 11 is 0. The fraction of sp³-hybridized carbons (Fsp3) is 0.409. The molecule has 1 aliphatic carbocycles. The monoisotopic (exact) mass is 355 g/mol. The van der Waals surface area contributed by atoms with Crippen LogP contribution in [0.25, 0.3) is 0 Å². The highest BCUT2D eigenvalue weighted by Gasteiger charge is 2.43. The third kappa shape index (κ3) is 3.65. The maximum atomic E-state index is 13.4. The van der Waals surface area contributed by atoms with Crippen molar-refractivity contribution in [3.05, 3.63) is 71.0 Å². The Morgan fingerprint density at radius 1 is 1.15 bits per heavy atom. The molecule has 2 aromatic rings. The van der Waals surface area contributed by atoms with Crippen molar-refractivity contribution in [3.8, 4) is 0 Å². The number of aliphatic hydroxyl groups excluding tert-OH is 1. The average Bonchev–Trinajstić information content (AvgIpc) is 3.12. The Bertz CT molecular complexity index is 783. The van der Waals surface area contributed by atoms with Crippen molar-refractivity contribution in [3.63, 3.8) is 0 Å². The minimum atomic E-state index is -0.953. The van der Waals surface area contributed by atoms with E-state index in [1.54, 1.807) is 19.1 Å². The molecule has 2 atom stereocenters. The SMILES string of the molecule is Cc1cccc(C2(C(=O)NC(C)C(O)c3cccc(F)c3)CCCC2)c1. The van der Waals surface area contributed by atoms with Crippen LogP contribution >= 0.6 is 0 Å². The molecule has 0 heterocycles. The van der Waals surface area contributed by atoms with Gasteiger partial charge in [-0.25, -0.2) is 4.39 Å². The van der Waals surface area contributed by atoms with Gasteiger partial charge < -0.3 is 10.4 Å². The van der Waals surface area contributed by atoms with Gasteiger partial charge in [0.25, 0.3) is 0 Å². The van der Waals surface area contributed by atoms with Crippen molar-refractivity contribution in [1.29, 1.82) is 0 Å². The van der Waals surface area contributed by atoms with Crippen LogP contribution in [0.3, 0.4) is 0 Å². The van der Waals surface area contributed by atoms with Crippen molar-refractivity contribution < 1.29 is 14.3 Å². The Kier molecular flexibility index (Phi) is 5.42. The summed E-state index contributed by atoms with van der Waals surface area (Å²) in [6.07, 6.45) is 2.70. The summed E-state index contributed by atoms with van der Waals surface area (Å²) < 4.78 is 13.4. The molecule has 3 rings (SSSR count). The van der Waals surface area contributed by atoms with Crippen molar-refractivity contribution in [2.45, 2.75) is 57.1 Å². The number of aliphatic hydroxyl groups is 1. The van der Waals surface area contributed by atoms with Crippen LogP contribution in [-0.2, 0) is 10.2 Å². The molecule has 3 nitrogen and oxygen atoms in total. The van der Waals surface area contributed by atoms with Gasteiger partial charge in [0.05, 0.1) is 17.6 Å². The van der Waals surface area contributed by atoms with Gasteiger partial charge in [-0.3, -0.25) is 4.79 Å². The van der Waals surface area contributed by atoms with E-state index >= 15 is 0 Å². The first-order valence-electron chi connectivity index (χ1n) is 9.24. The molecular formula is C22H26FNO2. The lowest BCUT2D eigenvalue weighted by molar-refractivity contribution is -0.128. The summed E-state index contributed by atoms with van der Waals surface area (Å²) in [5.41, 5.74) is 2.10. The summed E-state index contributed by atoms with van der Waals surface area (Å²) in [4.78, 5) is 13.2. The first-order valence-corrected chi connectivity index (χ1v) is 9.24. The van der Waals surface area contributed by atoms with Crippen LogP contribution in [0.4, 0.5) is 4.39 Å². The van der Waals surface area contributed by atoms with E-state index in [1.165, 1.54) is 12.1 Å². The maximum Gasteiger partial charge on any atom is 0.230 e. The predicted molar refractivity (Wildman–Crippen MR) is 100 cm³/mol. The third-order valence-corrected chi connectivity index (χ3v) is 5.48. The topological polar surface area (TPSA) is 49.3 Å². The van der Waals surface area contributed by atoms with Gasteiger partial charge in [-0.1, -0.05) is 54.8 Å². The van der Waals surface area contributed by atoms with Crippen molar-refractivity contribution in [1.82, 2.24) is 5.32 Å². The van der Waals surface area contributed by atoms with Gasteiger partial charge in [-0.2, -0.15) is 0 Å². The Labute approximate surface area is 154 Å². The van der Waals surface area contributed by atoms with E-state index in [0.29, 0.717) is 5.56 Å². The second-order valence-electron chi connectivity index (χ2n) is 7.42. The molecule has 2 unspecified atom stereocenters. The fourth-order valence-corrected chi connectivity index (χ4v) is 3.97. The molecule has 1 fully saturated rings. The zero-order valence-corrected chi connectivity index (χ0v) is 15.3. The number of hydrogen-bond acceptors (Lipinski definition) is 2. The van der Waals surface area contributed by atoms with Crippen LogP contribution in [0.2, 0.25) is 0 Å². The van der Waals surface area contributed by atoms with Gasteiger partial charge in [0.2, 0.25) is 5.91 Å².